The first kappa shape index (κ1) is 17.1. The monoisotopic (exact) mass is 362 g/mol. The maximum absolute atomic E-state index is 12.7. The number of amides is 1. The third kappa shape index (κ3) is 3.85. The van der Waals surface area contributed by atoms with E-state index >= 15 is 0 Å². The van der Waals surface area contributed by atoms with Gasteiger partial charge in [-0.3, -0.25) is 4.79 Å². The van der Waals surface area contributed by atoms with Gasteiger partial charge in [-0.05, 0) is 42.7 Å². The topological polar surface area (TPSA) is 23.6 Å². The van der Waals surface area contributed by atoms with E-state index in [2.05, 4.69) is 23.1 Å². The molecule has 0 bridgehead atoms. The summed E-state index contributed by atoms with van der Waals surface area (Å²) in [5, 5.41) is 0.938. The summed E-state index contributed by atoms with van der Waals surface area (Å²) in [4.78, 5) is 16.8. The van der Waals surface area contributed by atoms with Gasteiger partial charge in [0.05, 0.1) is 0 Å². The maximum atomic E-state index is 12.7. The summed E-state index contributed by atoms with van der Waals surface area (Å²) < 4.78 is 0. The number of carbonyl (C=O) groups is 1. The number of hydrogen-bond acceptors (Lipinski definition) is 2. The second-order valence-corrected chi connectivity index (χ2v) is 7.02. The van der Waals surface area contributed by atoms with E-state index in [1.54, 1.807) is 30.1 Å². The molecule has 126 valence electrons. The zero-order chi connectivity index (χ0) is 17.1. The van der Waals surface area contributed by atoms with Crippen LogP contribution in [0.25, 0.3) is 0 Å². The summed E-state index contributed by atoms with van der Waals surface area (Å²) >= 11 is 12.0. The lowest BCUT2D eigenvalue weighted by atomic mass is 10.1. The van der Waals surface area contributed by atoms with Crippen molar-refractivity contribution in [2.75, 3.05) is 25.0 Å². The molecule has 0 N–H and O–H groups in total. The Morgan fingerprint density at radius 1 is 1.08 bits per heavy atom. The van der Waals surface area contributed by atoms with Crippen LogP contribution in [0.3, 0.4) is 0 Å². The van der Waals surface area contributed by atoms with Crippen molar-refractivity contribution in [2.24, 2.45) is 0 Å². The molecule has 24 heavy (non-hydrogen) atoms. The molecule has 0 unspecified atom stereocenters. The second-order valence-electron chi connectivity index (χ2n) is 6.14. The van der Waals surface area contributed by atoms with Gasteiger partial charge in [0.15, 0.2) is 0 Å². The molecule has 1 aliphatic rings. The van der Waals surface area contributed by atoms with Crippen molar-refractivity contribution < 1.29 is 4.79 Å². The standard InChI is InChI=1S/C19H20Cl2N2O/c1-22(19(24)15-10-16(20)12-17(21)11-15)13-14-6-2-3-7-18(14)23-8-4-5-9-23/h2-3,6-7,10-12H,4-5,8-9,13H2,1H3. The summed E-state index contributed by atoms with van der Waals surface area (Å²) in [6, 6.07) is 13.2. The Morgan fingerprint density at radius 2 is 1.71 bits per heavy atom. The first-order chi connectivity index (χ1) is 11.5. The normalized spacial score (nSPS) is 14.0. The van der Waals surface area contributed by atoms with E-state index in [0.717, 1.165) is 18.7 Å². The van der Waals surface area contributed by atoms with E-state index in [0.29, 0.717) is 22.2 Å². The Morgan fingerprint density at radius 3 is 2.38 bits per heavy atom. The molecular weight excluding hydrogens is 343 g/mol. The summed E-state index contributed by atoms with van der Waals surface area (Å²) in [7, 11) is 1.80. The Kier molecular flexibility index (Phi) is 5.32. The molecule has 1 aliphatic heterocycles. The van der Waals surface area contributed by atoms with Crippen molar-refractivity contribution in [1.29, 1.82) is 0 Å². The Hall–Kier alpha value is -1.71. The van der Waals surface area contributed by atoms with Crippen molar-refractivity contribution >= 4 is 34.8 Å². The van der Waals surface area contributed by atoms with Gasteiger partial charge in [0, 0.05) is 48.0 Å². The zero-order valence-corrected chi connectivity index (χ0v) is 15.1. The van der Waals surface area contributed by atoms with Gasteiger partial charge < -0.3 is 9.80 Å². The van der Waals surface area contributed by atoms with E-state index in [4.69, 9.17) is 23.2 Å². The van der Waals surface area contributed by atoms with Crippen LogP contribution in [-0.4, -0.2) is 30.9 Å². The predicted molar refractivity (Wildman–Crippen MR) is 100 cm³/mol. The van der Waals surface area contributed by atoms with Crippen LogP contribution in [0.1, 0.15) is 28.8 Å². The van der Waals surface area contributed by atoms with E-state index < -0.39 is 0 Å². The zero-order valence-electron chi connectivity index (χ0n) is 13.6. The molecule has 0 atom stereocenters. The summed E-state index contributed by atoms with van der Waals surface area (Å²) in [6.07, 6.45) is 2.45. The Balaban J connectivity index is 1.79. The van der Waals surface area contributed by atoms with E-state index in [9.17, 15) is 4.79 Å². The molecule has 2 aromatic carbocycles. The number of hydrogen-bond donors (Lipinski definition) is 0. The molecule has 1 heterocycles. The third-order valence-corrected chi connectivity index (χ3v) is 4.74. The smallest absolute Gasteiger partial charge is 0.254 e. The van der Waals surface area contributed by atoms with Crippen molar-refractivity contribution in [1.82, 2.24) is 4.90 Å². The molecule has 0 radical (unpaired) electrons. The van der Waals surface area contributed by atoms with Crippen LogP contribution in [-0.2, 0) is 6.54 Å². The van der Waals surface area contributed by atoms with Crippen LogP contribution in [0.2, 0.25) is 10.0 Å². The highest BCUT2D eigenvalue weighted by atomic mass is 35.5. The van der Waals surface area contributed by atoms with Crippen molar-refractivity contribution in [3.05, 3.63) is 63.6 Å². The number of carbonyl (C=O) groups excluding carboxylic acids is 1. The lowest BCUT2D eigenvalue weighted by Crippen LogP contribution is -2.28. The first-order valence-electron chi connectivity index (χ1n) is 8.09. The quantitative estimate of drug-likeness (QED) is 0.774. The minimum Gasteiger partial charge on any atom is -0.371 e. The molecule has 0 aromatic heterocycles. The Labute approximate surface area is 152 Å². The molecular formula is C19H20Cl2N2O. The fourth-order valence-electron chi connectivity index (χ4n) is 3.14. The van der Waals surface area contributed by atoms with Gasteiger partial charge in [0.2, 0.25) is 0 Å². The molecule has 0 aliphatic carbocycles. The van der Waals surface area contributed by atoms with Gasteiger partial charge in [0.25, 0.3) is 5.91 Å². The van der Waals surface area contributed by atoms with Crippen LogP contribution in [0.4, 0.5) is 5.69 Å². The van der Waals surface area contributed by atoms with Gasteiger partial charge in [0.1, 0.15) is 0 Å². The summed E-state index contributed by atoms with van der Waals surface area (Å²) in [5.41, 5.74) is 2.89. The average molecular weight is 363 g/mol. The fraction of sp³-hybridized carbons (Fsp3) is 0.316. The maximum Gasteiger partial charge on any atom is 0.254 e. The number of nitrogens with zero attached hydrogens (tertiary/aromatic N) is 2. The summed E-state index contributed by atoms with van der Waals surface area (Å²) in [5.74, 6) is -0.0874. The molecule has 1 saturated heterocycles. The highest BCUT2D eigenvalue weighted by molar-refractivity contribution is 6.35. The Bertz CT molecular complexity index is 722. The van der Waals surface area contributed by atoms with E-state index in [-0.39, 0.29) is 5.91 Å². The van der Waals surface area contributed by atoms with Crippen LogP contribution < -0.4 is 4.90 Å². The lowest BCUT2D eigenvalue weighted by Gasteiger charge is -2.24. The number of halogens is 2. The first-order valence-corrected chi connectivity index (χ1v) is 8.84. The summed E-state index contributed by atoms with van der Waals surface area (Å²) in [6.45, 7) is 2.72. The molecule has 0 saturated carbocycles. The SMILES string of the molecule is CN(Cc1ccccc1N1CCCC1)C(=O)c1cc(Cl)cc(Cl)c1. The van der Waals surface area contributed by atoms with Crippen molar-refractivity contribution in [3.63, 3.8) is 0 Å². The average Bonchev–Trinajstić information content (AvgIpc) is 3.08. The molecule has 1 amide bonds. The largest absolute Gasteiger partial charge is 0.371 e. The van der Waals surface area contributed by atoms with Crippen LogP contribution in [0.15, 0.2) is 42.5 Å². The van der Waals surface area contributed by atoms with Crippen LogP contribution in [0, 0.1) is 0 Å². The van der Waals surface area contributed by atoms with Crippen LogP contribution >= 0.6 is 23.2 Å². The highest BCUT2D eigenvalue weighted by Gasteiger charge is 2.18. The molecule has 5 heteroatoms. The third-order valence-electron chi connectivity index (χ3n) is 4.30. The lowest BCUT2D eigenvalue weighted by molar-refractivity contribution is 0.0785. The minimum atomic E-state index is -0.0874. The molecule has 3 nitrogen and oxygen atoms in total. The predicted octanol–water partition coefficient (Wildman–Crippen LogP) is 4.87. The van der Waals surface area contributed by atoms with Crippen LogP contribution in [0.5, 0.6) is 0 Å². The van der Waals surface area contributed by atoms with Gasteiger partial charge in [-0.1, -0.05) is 41.4 Å². The number of rotatable bonds is 4. The second kappa shape index (κ2) is 7.45. The minimum absolute atomic E-state index is 0.0874. The number of anilines is 1. The molecule has 2 aromatic rings. The van der Waals surface area contributed by atoms with Gasteiger partial charge in [-0.25, -0.2) is 0 Å². The molecule has 1 fully saturated rings. The van der Waals surface area contributed by atoms with Crippen molar-refractivity contribution in [2.45, 2.75) is 19.4 Å². The number of benzene rings is 2. The number of para-hydroxylation sites is 1. The van der Waals surface area contributed by atoms with E-state index in [1.165, 1.54) is 18.5 Å². The fourth-order valence-corrected chi connectivity index (χ4v) is 3.66. The molecule has 3 rings (SSSR count). The van der Waals surface area contributed by atoms with E-state index in [1.807, 2.05) is 6.07 Å². The van der Waals surface area contributed by atoms with Gasteiger partial charge in [-0.2, -0.15) is 0 Å². The van der Waals surface area contributed by atoms with Crippen molar-refractivity contribution in [3.8, 4) is 0 Å². The van der Waals surface area contributed by atoms with Gasteiger partial charge in [-0.15, -0.1) is 0 Å². The highest BCUT2D eigenvalue weighted by Crippen LogP contribution is 2.26. The van der Waals surface area contributed by atoms with Gasteiger partial charge >= 0.3 is 0 Å². The molecule has 0 spiro atoms.